The van der Waals surface area contributed by atoms with Crippen molar-refractivity contribution in [3.8, 4) is 11.4 Å². The van der Waals surface area contributed by atoms with Gasteiger partial charge in [0.1, 0.15) is 5.82 Å². The van der Waals surface area contributed by atoms with Crippen LogP contribution in [-0.4, -0.2) is 15.0 Å². The van der Waals surface area contributed by atoms with E-state index in [0.29, 0.717) is 26.5 Å². The highest BCUT2D eigenvalue weighted by Crippen LogP contribution is 2.29. The number of pyridine rings is 1. The molecule has 3 aromatic rings. The van der Waals surface area contributed by atoms with Gasteiger partial charge in [0.15, 0.2) is 5.65 Å². The number of aromatic amines is 1. The second-order valence-corrected chi connectivity index (χ2v) is 5.01. The molecule has 0 aliphatic carbocycles. The molecule has 2 heterocycles. The quantitative estimate of drug-likeness (QED) is 0.714. The lowest BCUT2D eigenvalue weighted by Crippen LogP contribution is -1.82. The zero-order valence-electron chi connectivity index (χ0n) is 8.92. The molecule has 90 valence electrons. The predicted molar refractivity (Wildman–Crippen MR) is 74.4 cm³/mol. The van der Waals surface area contributed by atoms with Crippen LogP contribution in [0.3, 0.4) is 0 Å². The minimum Gasteiger partial charge on any atom is -0.336 e. The molecule has 0 fully saturated rings. The third kappa shape index (κ3) is 2.05. The zero-order chi connectivity index (χ0) is 12.7. The molecule has 0 saturated heterocycles. The van der Waals surface area contributed by atoms with Crippen molar-refractivity contribution < 1.29 is 0 Å². The highest BCUT2D eigenvalue weighted by molar-refractivity contribution is 6.36. The van der Waals surface area contributed by atoms with E-state index in [9.17, 15) is 0 Å². The molecule has 0 aliphatic rings. The van der Waals surface area contributed by atoms with Crippen LogP contribution in [0.15, 0.2) is 30.5 Å². The Balaban J connectivity index is 2.19. The van der Waals surface area contributed by atoms with Gasteiger partial charge in [0, 0.05) is 16.8 Å². The number of nitrogens with one attached hydrogen (secondary N) is 1. The Kier molecular flexibility index (Phi) is 2.90. The molecule has 2 aromatic heterocycles. The average Bonchev–Trinajstić information content (AvgIpc) is 2.71. The summed E-state index contributed by atoms with van der Waals surface area (Å²) in [6.07, 6.45) is 1.55. The summed E-state index contributed by atoms with van der Waals surface area (Å²) >= 11 is 17.9. The smallest absolute Gasteiger partial charge is 0.178 e. The van der Waals surface area contributed by atoms with Crippen molar-refractivity contribution in [3.05, 3.63) is 45.5 Å². The van der Waals surface area contributed by atoms with E-state index >= 15 is 0 Å². The predicted octanol–water partition coefficient (Wildman–Crippen LogP) is 4.59. The monoisotopic (exact) mass is 297 g/mol. The number of benzene rings is 1. The molecular formula is C12H6Cl3N3. The maximum absolute atomic E-state index is 6.13. The minimum atomic E-state index is 0.535. The summed E-state index contributed by atoms with van der Waals surface area (Å²) in [4.78, 5) is 11.6. The molecule has 3 nitrogen and oxygen atoms in total. The second kappa shape index (κ2) is 4.43. The number of hydrogen-bond donors (Lipinski definition) is 1. The topological polar surface area (TPSA) is 41.6 Å². The lowest BCUT2D eigenvalue weighted by Gasteiger charge is -2.00. The molecule has 3 rings (SSSR count). The lowest BCUT2D eigenvalue weighted by atomic mass is 10.2. The van der Waals surface area contributed by atoms with Gasteiger partial charge in [-0.2, -0.15) is 0 Å². The minimum absolute atomic E-state index is 0.535. The first-order valence-corrected chi connectivity index (χ1v) is 6.23. The zero-order valence-corrected chi connectivity index (χ0v) is 11.2. The second-order valence-electron chi connectivity index (χ2n) is 3.73. The first kappa shape index (κ1) is 11.8. The largest absolute Gasteiger partial charge is 0.336 e. The molecule has 0 atom stereocenters. The molecule has 18 heavy (non-hydrogen) atoms. The third-order valence-corrected chi connectivity index (χ3v) is 3.24. The van der Waals surface area contributed by atoms with Gasteiger partial charge in [0.2, 0.25) is 0 Å². The van der Waals surface area contributed by atoms with Crippen LogP contribution in [0.4, 0.5) is 0 Å². The van der Waals surface area contributed by atoms with Crippen LogP contribution in [-0.2, 0) is 0 Å². The Morgan fingerprint density at radius 2 is 1.83 bits per heavy atom. The lowest BCUT2D eigenvalue weighted by molar-refractivity contribution is 1.30. The molecular weight excluding hydrogens is 293 g/mol. The highest BCUT2D eigenvalue weighted by Gasteiger charge is 2.10. The maximum Gasteiger partial charge on any atom is 0.178 e. The number of rotatable bonds is 1. The van der Waals surface area contributed by atoms with E-state index < -0.39 is 0 Å². The van der Waals surface area contributed by atoms with Crippen LogP contribution in [0.25, 0.3) is 22.6 Å². The fraction of sp³-hybridized carbons (Fsp3) is 0. The van der Waals surface area contributed by atoms with Crippen molar-refractivity contribution in [1.82, 2.24) is 15.0 Å². The van der Waals surface area contributed by atoms with Gasteiger partial charge in [-0.3, -0.25) is 0 Å². The summed E-state index contributed by atoms with van der Waals surface area (Å²) < 4.78 is 0. The van der Waals surface area contributed by atoms with E-state index in [2.05, 4.69) is 15.0 Å². The van der Waals surface area contributed by atoms with Gasteiger partial charge in [-0.1, -0.05) is 34.8 Å². The van der Waals surface area contributed by atoms with Crippen LogP contribution < -0.4 is 0 Å². The van der Waals surface area contributed by atoms with E-state index in [-0.39, 0.29) is 0 Å². The summed E-state index contributed by atoms with van der Waals surface area (Å²) in [6, 6.07) is 7.01. The first-order chi connectivity index (χ1) is 8.63. The Hall–Kier alpha value is -1.29. The van der Waals surface area contributed by atoms with E-state index in [4.69, 9.17) is 34.8 Å². The number of halogens is 3. The highest BCUT2D eigenvalue weighted by atomic mass is 35.5. The van der Waals surface area contributed by atoms with E-state index in [1.54, 1.807) is 24.4 Å². The summed E-state index contributed by atoms with van der Waals surface area (Å²) in [5.74, 6) is 0.640. The van der Waals surface area contributed by atoms with Crippen LogP contribution >= 0.6 is 34.8 Å². The summed E-state index contributed by atoms with van der Waals surface area (Å²) in [5, 5.41) is 1.67. The Morgan fingerprint density at radius 1 is 1.00 bits per heavy atom. The number of fused-ring (bicyclic) bond motifs is 1. The van der Waals surface area contributed by atoms with Gasteiger partial charge in [0.05, 0.1) is 15.6 Å². The normalized spacial score (nSPS) is 11.1. The molecule has 0 spiro atoms. The number of imidazole rings is 1. The fourth-order valence-electron chi connectivity index (χ4n) is 1.68. The summed E-state index contributed by atoms with van der Waals surface area (Å²) in [6.45, 7) is 0. The van der Waals surface area contributed by atoms with Gasteiger partial charge in [-0.15, -0.1) is 0 Å². The van der Waals surface area contributed by atoms with Crippen LogP contribution in [0.1, 0.15) is 0 Å². The number of hydrogen-bond acceptors (Lipinski definition) is 2. The van der Waals surface area contributed by atoms with Gasteiger partial charge in [0.25, 0.3) is 0 Å². The molecule has 0 unspecified atom stereocenters. The van der Waals surface area contributed by atoms with E-state index in [1.807, 2.05) is 6.07 Å². The molecule has 0 amide bonds. The molecule has 0 aliphatic heterocycles. The molecule has 1 aromatic carbocycles. The van der Waals surface area contributed by atoms with Crippen LogP contribution in [0, 0.1) is 0 Å². The van der Waals surface area contributed by atoms with Crippen LogP contribution in [0.2, 0.25) is 15.1 Å². The average molecular weight is 299 g/mol. The van der Waals surface area contributed by atoms with Crippen molar-refractivity contribution in [1.29, 1.82) is 0 Å². The van der Waals surface area contributed by atoms with Gasteiger partial charge < -0.3 is 4.98 Å². The van der Waals surface area contributed by atoms with Crippen molar-refractivity contribution in [2.75, 3.05) is 0 Å². The number of H-pyrrole nitrogens is 1. The Labute approximate surface area is 118 Å². The molecule has 0 bridgehead atoms. The number of nitrogens with zero attached hydrogens (tertiary/aromatic N) is 2. The fourth-order valence-corrected chi connectivity index (χ4v) is 2.34. The van der Waals surface area contributed by atoms with Crippen molar-refractivity contribution >= 4 is 46.0 Å². The van der Waals surface area contributed by atoms with Gasteiger partial charge in [-0.25, -0.2) is 9.97 Å². The number of aromatic nitrogens is 3. The standard InChI is InChI=1S/C12H6Cl3N3/c13-6-1-2-8(9(15)3-6)11-17-10-4-7(14)5-16-12(10)18-11/h1-5H,(H,16,17,18). The summed E-state index contributed by atoms with van der Waals surface area (Å²) in [5.41, 5.74) is 2.14. The summed E-state index contributed by atoms with van der Waals surface area (Å²) in [7, 11) is 0. The van der Waals surface area contributed by atoms with E-state index in [0.717, 1.165) is 11.1 Å². The van der Waals surface area contributed by atoms with Crippen molar-refractivity contribution in [2.45, 2.75) is 0 Å². The van der Waals surface area contributed by atoms with Crippen molar-refractivity contribution in [3.63, 3.8) is 0 Å². The Morgan fingerprint density at radius 3 is 2.61 bits per heavy atom. The van der Waals surface area contributed by atoms with Crippen LogP contribution in [0.5, 0.6) is 0 Å². The molecule has 0 saturated carbocycles. The van der Waals surface area contributed by atoms with Crippen molar-refractivity contribution in [2.24, 2.45) is 0 Å². The SMILES string of the molecule is Clc1ccc(-c2nc3ncc(Cl)cc3[nH]2)c(Cl)c1. The third-order valence-electron chi connectivity index (χ3n) is 2.49. The van der Waals surface area contributed by atoms with Gasteiger partial charge >= 0.3 is 0 Å². The Bertz CT molecular complexity index is 737. The maximum atomic E-state index is 6.13. The molecule has 1 N–H and O–H groups in total. The van der Waals surface area contributed by atoms with E-state index in [1.165, 1.54) is 0 Å². The molecule has 6 heteroatoms. The first-order valence-electron chi connectivity index (χ1n) is 5.10. The van der Waals surface area contributed by atoms with Gasteiger partial charge in [-0.05, 0) is 24.3 Å². The molecule has 0 radical (unpaired) electrons.